The van der Waals surface area contributed by atoms with E-state index in [0.29, 0.717) is 0 Å². The van der Waals surface area contributed by atoms with Crippen LogP contribution in [0.1, 0.15) is 25.7 Å². The van der Waals surface area contributed by atoms with Crippen LogP contribution in [0.25, 0.3) is 0 Å². The second kappa shape index (κ2) is 6.43. The van der Waals surface area contributed by atoms with Gasteiger partial charge in [-0.3, -0.25) is 4.79 Å². The molecule has 0 spiro atoms. The molecule has 3 heteroatoms. The Morgan fingerprint density at radius 2 is 1.94 bits per heavy atom. The summed E-state index contributed by atoms with van der Waals surface area (Å²) in [6.07, 6.45) is 4.56. The molecule has 0 bridgehead atoms. The van der Waals surface area contributed by atoms with E-state index in [1.165, 1.54) is 18.5 Å². The van der Waals surface area contributed by atoms with Gasteiger partial charge in [0.15, 0.2) is 0 Å². The Morgan fingerprint density at radius 3 is 2.61 bits per heavy atom. The molecule has 0 saturated heterocycles. The Morgan fingerprint density at radius 1 is 1.28 bits per heavy atom. The highest BCUT2D eigenvalue weighted by Crippen LogP contribution is 2.24. The van der Waals surface area contributed by atoms with E-state index in [1.54, 1.807) is 0 Å². The van der Waals surface area contributed by atoms with Crippen molar-refractivity contribution in [3.63, 3.8) is 0 Å². The van der Waals surface area contributed by atoms with Gasteiger partial charge in [-0.05, 0) is 25.0 Å². The first-order chi connectivity index (χ1) is 8.77. The third kappa shape index (κ3) is 3.49. The number of carbonyl (C=O) groups excluding carboxylic acids is 1. The Balaban J connectivity index is 1.70. The van der Waals surface area contributed by atoms with Crippen LogP contribution in [0.15, 0.2) is 30.3 Å². The molecule has 0 radical (unpaired) electrons. The van der Waals surface area contributed by atoms with E-state index in [-0.39, 0.29) is 11.8 Å². The number of carbonyl (C=O) groups is 1. The number of hydrogen-bond donors (Lipinski definition) is 1. The molecule has 18 heavy (non-hydrogen) atoms. The third-order valence-corrected chi connectivity index (χ3v) is 3.67. The summed E-state index contributed by atoms with van der Waals surface area (Å²) in [6.45, 7) is 1.57. The molecule has 3 nitrogen and oxygen atoms in total. The van der Waals surface area contributed by atoms with Gasteiger partial charge < -0.3 is 10.2 Å². The zero-order valence-electron chi connectivity index (χ0n) is 11.1. The van der Waals surface area contributed by atoms with Crippen molar-refractivity contribution in [3.05, 3.63) is 30.3 Å². The van der Waals surface area contributed by atoms with Crippen molar-refractivity contribution in [3.8, 4) is 0 Å². The van der Waals surface area contributed by atoms with Crippen LogP contribution in [0.2, 0.25) is 0 Å². The number of benzene rings is 1. The van der Waals surface area contributed by atoms with Gasteiger partial charge in [0.2, 0.25) is 5.91 Å². The quantitative estimate of drug-likeness (QED) is 0.865. The molecular weight excluding hydrogens is 224 g/mol. The molecule has 0 aromatic heterocycles. The van der Waals surface area contributed by atoms with E-state index in [0.717, 1.165) is 25.9 Å². The van der Waals surface area contributed by atoms with Crippen molar-refractivity contribution in [2.24, 2.45) is 5.92 Å². The van der Waals surface area contributed by atoms with Gasteiger partial charge in [-0.25, -0.2) is 0 Å². The summed E-state index contributed by atoms with van der Waals surface area (Å²) in [4.78, 5) is 14.0. The molecular formula is C15H22N2O. The highest BCUT2D eigenvalue weighted by atomic mass is 16.1. The van der Waals surface area contributed by atoms with Crippen molar-refractivity contribution in [1.29, 1.82) is 0 Å². The highest BCUT2D eigenvalue weighted by Gasteiger charge is 2.21. The maximum atomic E-state index is 11.8. The Kier molecular flexibility index (Phi) is 4.62. The summed E-state index contributed by atoms with van der Waals surface area (Å²) < 4.78 is 0. The largest absolute Gasteiger partial charge is 0.373 e. The minimum Gasteiger partial charge on any atom is -0.373 e. The van der Waals surface area contributed by atoms with Gasteiger partial charge in [0, 0.05) is 31.7 Å². The molecule has 1 N–H and O–H groups in total. The minimum absolute atomic E-state index is 0.244. The molecule has 1 amide bonds. The molecule has 0 heterocycles. The molecule has 98 valence electrons. The smallest absolute Gasteiger partial charge is 0.223 e. The number of anilines is 1. The lowest BCUT2D eigenvalue weighted by atomic mass is 10.1. The molecule has 0 atom stereocenters. The van der Waals surface area contributed by atoms with Crippen LogP contribution in [0.4, 0.5) is 5.69 Å². The lowest BCUT2D eigenvalue weighted by Crippen LogP contribution is -2.35. The van der Waals surface area contributed by atoms with Crippen molar-refractivity contribution in [2.45, 2.75) is 25.7 Å². The number of nitrogens with zero attached hydrogens (tertiary/aromatic N) is 1. The molecule has 1 aromatic carbocycles. The predicted octanol–water partition coefficient (Wildman–Crippen LogP) is 2.43. The van der Waals surface area contributed by atoms with E-state index >= 15 is 0 Å². The van der Waals surface area contributed by atoms with Crippen molar-refractivity contribution in [2.75, 3.05) is 25.0 Å². The first kappa shape index (κ1) is 12.9. The van der Waals surface area contributed by atoms with Crippen molar-refractivity contribution < 1.29 is 4.79 Å². The fourth-order valence-corrected chi connectivity index (χ4v) is 2.49. The second-order valence-corrected chi connectivity index (χ2v) is 5.03. The maximum absolute atomic E-state index is 11.8. The molecule has 0 aliphatic heterocycles. The molecule has 2 rings (SSSR count). The maximum Gasteiger partial charge on any atom is 0.223 e. The zero-order valence-corrected chi connectivity index (χ0v) is 11.1. The van der Waals surface area contributed by atoms with E-state index in [4.69, 9.17) is 0 Å². The fraction of sp³-hybridized carbons (Fsp3) is 0.533. The minimum atomic E-state index is 0.244. The molecule has 0 unspecified atom stereocenters. The van der Waals surface area contributed by atoms with E-state index in [9.17, 15) is 4.79 Å². The van der Waals surface area contributed by atoms with Gasteiger partial charge in [0.25, 0.3) is 0 Å². The summed E-state index contributed by atoms with van der Waals surface area (Å²) in [5.74, 6) is 0.515. The summed E-state index contributed by atoms with van der Waals surface area (Å²) in [5.41, 5.74) is 1.19. The van der Waals surface area contributed by atoms with Gasteiger partial charge in [0.05, 0.1) is 0 Å². The summed E-state index contributed by atoms with van der Waals surface area (Å²) >= 11 is 0. The first-order valence-electron chi connectivity index (χ1n) is 6.81. The summed E-state index contributed by atoms with van der Waals surface area (Å²) in [7, 11) is 2.05. The zero-order chi connectivity index (χ0) is 12.8. The predicted molar refractivity (Wildman–Crippen MR) is 74.7 cm³/mol. The molecule has 1 aliphatic rings. The van der Waals surface area contributed by atoms with E-state index < -0.39 is 0 Å². The molecule has 1 aliphatic carbocycles. The average molecular weight is 246 g/mol. The fourth-order valence-electron chi connectivity index (χ4n) is 2.49. The molecule has 1 aromatic rings. The standard InChI is InChI=1S/C15H22N2O/c1-17(14-9-3-2-4-10-14)12-11-16-15(18)13-7-5-6-8-13/h2-4,9-10,13H,5-8,11-12H2,1H3,(H,16,18). The van der Waals surface area contributed by atoms with Crippen LogP contribution in [0.3, 0.4) is 0 Å². The van der Waals surface area contributed by atoms with Gasteiger partial charge in [-0.15, -0.1) is 0 Å². The van der Waals surface area contributed by atoms with Crippen molar-refractivity contribution in [1.82, 2.24) is 5.32 Å². The Bertz CT molecular complexity index is 371. The Hall–Kier alpha value is -1.51. The summed E-state index contributed by atoms with van der Waals surface area (Å²) in [6, 6.07) is 10.2. The summed E-state index contributed by atoms with van der Waals surface area (Å²) in [5, 5.41) is 3.04. The van der Waals surface area contributed by atoms with Crippen LogP contribution in [-0.2, 0) is 4.79 Å². The van der Waals surface area contributed by atoms with E-state index in [2.05, 4.69) is 29.4 Å². The number of likely N-dealkylation sites (N-methyl/N-ethyl adjacent to an activating group) is 1. The van der Waals surface area contributed by atoms with Crippen LogP contribution in [0.5, 0.6) is 0 Å². The van der Waals surface area contributed by atoms with Gasteiger partial charge in [-0.2, -0.15) is 0 Å². The van der Waals surface area contributed by atoms with Crippen molar-refractivity contribution >= 4 is 11.6 Å². The lowest BCUT2D eigenvalue weighted by molar-refractivity contribution is -0.124. The normalized spacial score (nSPS) is 15.6. The van der Waals surface area contributed by atoms with Crippen LogP contribution in [-0.4, -0.2) is 26.0 Å². The second-order valence-electron chi connectivity index (χ2n) is 5.03. The highest BCUT2D eigenvalue weighted by molar-refractivity contribution is 5.78. The third-order valence-electron chi connectivity index (χ3n) is 3.67. The number of rotatable bonds is 5. The topological polar surface area (TPSA) is 32.3 Å². The number of para-hydroxylation sites is 1. The van der Waals surface area contributed by atoms with Crippen LogP contribution < -0.4 is 10.2 Å². The molecule has 1 saturated carbocycles. The average Bonchev–Trinajstić information content (AvgIpc) is 2.93. The number of hydrogen-bond acceptors (Lipinski definition) is 2. The van der Waals surface area contributed by atoms with Gasteiger partial charge in [-0.1, -0.05) is 31.0 Å². The Labute approximate surface area is 109 Å². The van der Waals surface area contributed by atoms with Crippen LogP contribution >= 0.6 is 0 Å². The first-order valence-corrected chi connectivity index (χ1v) is 6.81. The van der Waals surface area contributed by atoms with E-state index in [1.807, 2.05) is 18.2 Å². The lowest BCUT2D eigenvalue weighted by Gasteiger charge is -2.20. The number of amides is 1. The van der Waals surface area contributed by atoms with Gasteiger partial charge >= 0.3 is 0 Å². The SMILES string of the molecule is CN(CCNC(=O)C1CCCC1)c1ccccc1. The number of nitrogens with one attached hydrogen (secondary N) is 1. The van der Waals surface area contributed by atoms with Crippen LogP contribution in [0, 0.1) is 5.92 Å². The molecule has 1 fully saturated rings. The monoisotopic (exact) mass is 246 g/mol. The van der Waals surface area contributed by atoms with Gasteiger partial charge in [0.1, 0.15) is 0 Å².